The van der Waals surface area contributed by atoms with Crippen molar-refractivity contribution in [2.45, 2.75) is 83.1 Å². The topological polar surface area (TPSA) is 105 Å². The van der Waals surface area contributed by atoms with Gasteiger partial charge in [0.1, 0.15) is 29.7 Å². The molecule has 1 aliphatic carbocycles. The minimum Gasteiger partial charge on any atom is -0.490 e. The average Bonchev–Trinajstić information content (AvgIpc) is 3.55. The third-order valence-corrected chi connectivity index (χ3v) is 11.3. The van der Waals surface area contributed by atoms with E-state index in [-0.39, 0.29) is 46.4 Å². The molecule has 2 spiro atoms. The number of hydrogen-bond donors (Lipinski definition) is 1. The molecule has 1 amide bonds. The van der Waals surface area contributed by atoms with Gasteiger partial charge in [0, 0.05) is 88.1 Å². The number of nitrogens with one attached hydrogen (secondary N) is 1. The van der Waals surface area contributed by atoms with Crippen LogP contribution >= 0.6 is 0 Å². The van der Waals surface area contributed by atoms with Gasteiger partial charge in [0.05, 0.1) is 23.1 Å². The van der Waals surface area contributed by atoms with Crippen LogP contribution in [0.4, 0.5) is 10.2 Å². The second kappa shape index (κ2) is 13.4. The van der Waals surface area contributed by atoms with Crippen LogP contribution in [-0.2, 0) is 11.2 Å². The summed E-state index contributed by atoms with van der Waals surface area (Å²) in [7, 11) is 0. The van der Waals surface area contributed by atoms with Gasteiger partial charge in [-0.15, -0.1) is 0 Å². The van der Waals surface area contributed by atoms with Crippen molar-refractivity contribution in [3.8, 4) is 17.2 Å². The first kappa shape index (κ1) is 33.3. The maximum atomic E-state index is 14.3. The lowest BCUT2D eigenvalue weighted by Gasteiger charge is -2.59. The number of ether oxygens (including phenoxy) is 3. The van der Waals surface area contributed by atoms with E-state index in [4.69, 9.17) is 19.2 Å². The van der Waals surface area contributed by atoms with E-state index in [1.807, 2.05) is 33.0 Å². The number of carbonyl (C=O) groups is 1. The van der Waals surface area contributed by atoms with E-state index < -0.39 is 5.82 Å². The quantitative estimate of drug-likeness (QED) is 0.291. The Kier molecular flexibility index (Phi) is 8.89. The molecule has 3 saturated heterocycles. The van der Waals surface area contributed by atoms with E-state index in [9.17, 15) is 9.18 Å². The van der Waals surface area contributed by atoms with Crippen LogP contribution < -0.4 is 19.7 Å². The number of nitrogens with zero attached hydrogens (tertiary/aromatic N) is 6. The van der Waals surface area contributed by atoms with Gasteiger partial charge in [-0.3, -0.25) is 14.7 Å². The lowest BCUT2D eigenvalue weighted by molar-refractivity contribution is -0.111. The van der Waals surface area contributed by atoms with Crippen LogP contribution in [0.1, 0.15) is 80.5 Å². The highest BCUT2D eigenvalue weighted by atomic mass is 19.1. The first-order valence-electron chi connectivity index (χ1n) is 18.3. The predicted octanol–water partition coefficient (Wildman–Crippen LogP) is 5.16. The zero-order valence-electron chi connectivity index (χ0n) is 29.4. The number of hydrogen-bond acceptors (Lipinski definition) is 10. The van der Waals surface area contributed by atoms with Crippen LogP contribution in [0.5, 0.6) is 17.2 Å². The fourth-order valence-corrected chi connectivity index (χ4v) is 8.86. The largest absolute Gasteiger partial charge is 0.490 e. The number of benzene rings is 1. The van der Waals surface area contributed by atoms with Gasteiger partial charge in [0.25, 0.3) is 5.91 Å². The zero-order valence-corrected chi connectivity index (χ0v) is 29.4. The molecule has 1 unspecified atom stereocenters. The molecule has 266 valence electrons. The average molecular weight is 686 g/mol. The standard InChI is InChI=1S/C38H48FN7O4/c1-4-46(25(2)3)36(47)28-16-26(39)6-7-31(28)50-33-19-40-24-43-35(33)45-20-37(21-45)17-27(18-37)49-32-9-13-42-29-8-12-41-30(34(29)32)10-14-44-22-38(23-44)11-5-15-48-38/h6-7,9,13,16,19,24-25,27,30,41H,4-5,8,10-12,14-15,17-18,20-23H2,1-3H3. The van der Waals surface area contributed by atoms with Gasteiger partial charge in [-0.25, -0.2) is 14.4 Å². The summed E-state index contributed by atoms with van der Waals surface area (Å²) in [4.78, 5) is 33.3. The highest BCUT2D eigenvalue weighted by Crippen LogP contribution is 2.52. The maximum absolute atomic E-state index is 14.3. The van der Waals surface area contributed by atoms with Gasteiger partial charge in [0.2, 0.25) is 0 Å². The number of fused-ring (bicyclic) bond motifs is 1. The highest BCUT2D eigenvalue weighted by molar-refractivity contribution is 5.97. The Labute approximate surface area is 293 Å². The molecule has 1 N–H and O–H groups in total. The van der Waals surface area contributed by atoms with Crippen molar-refractivity contribution in [3.63, 3.8) is 0 Å². The second-order valence-electron chi connectivity index (χ2n) is 15.2. The molecule has 1 atom stereocenters. The minimum atomic E-state index is -0.491. The highest BCUT2D eigenvalue weighted by Gasteiger charge is 2.54. The van der Waals surface area contributed by atoms with Crippen molar-refractivity contribution >= 4 is 11.7 Å². The summed E-state index contributed by atoms with van der Waals surface area (Å²) in [6, 6.07) is 6.29. The van der Waals surface area contributed by atoms with Crippen molar-refractivity contribution in [1.82, 2.24) is 30.1 Å². The summed E-state index contributed by atoms with van der Waals surface area (Å²) < 4.78 is 33.4. The fourth-order valence-electron chi connectivity index (χ4n) is 8.86. The molecule has 8 rings (SSSR count). The van der Waals surface area contributed by atoms with Gasteiger partial charge < -0.3 is 29.3 Å². The molecular weight excluding hydrogens is 637 g/mol. The number of anilines is 1. The fraction of sp³-hybridized carbons (Fsp3) is 0.579. The monoisotopic (exact) mass is 685 g/mol. The molecule has 5 aliphatic rings. The van der Waals surface area contributed by atoms with E-state index in [0.717, 1.165) is 83.0 Å². The SMILES string of the molecule is CCN(C(=O)c1cc(F)ccc1Oc1cncnc1N1CC2(CC(Oc3ccnc4c3C(CCN3CC5(CCCO5)C3)NCC4)C2)C1)C(C)C. The van der Waals surface area contributed by atoms with E-state index >= 15 is 0 Å². The number of amides is 1. The molecule has 4 fully saturated rings. The van der Waals surface area contributed by atoms with Gasteiger partial charge in [-0.1, -0.05) is 0 Å². The summed E-state index contributed by atoms with van der Waals surface area (Å²) in [6.07, 6.45) is 11.4. The first-order chi connectivity index (χ1) is 24.2. The second-order valence-corrected chi connectivity index (χ2v) is 15.2. The minimum absolute atomic E-state index is 0.0378. The molecule has 12 heteroatoms. The van der Waals surface area contributed by atoms with E-state index in [0.29, 0.717) is 18.1 Å². The Morgan fingerprint density at radius 2 is 1.98 bits per heavy atom. The molecule has 1 aromatic carbocycles. The molecule has 11 nitrogen and oxygen atoms in total. The molecule has 2 aromatic heterocycles. The molecule has 0 radical (unpaired) electrons. The predicted molar refractivity (Wildman–Crippen MR) is 186 cm³/mol. The van der Waals surface area contributed by atoms with Crippen molar-refractivity contribution in [3.05, 3.63) is 65.6 Å². The number of halogens is 1. The summed E-state index contributed by atoms with van der Waals surface area (Å²) >= 11 is 0. The number of rotatable bonds is 11. The third kappa shape index (κ3) is 6.30. The molecule has 3 aromatic rings. The van der Waals surface area contributed by atoms with E-state index in [2.05, 4.69) is 25.1 Å². The van der Waals surface area contributed by atoms with Gasteiger partial charge >= 0.3 is 0 Å². The Morgan fingerprint density at radius 1 is 1.14 bits per heavy atom. The van der Waals surface area contributed by atoms with Gasteiger partial charge in [-0.05, 0) is 77.1 Å². The van der Waals surface area contributed by atoms with Crippen molar-refractivity contribution in [2.75, 3.05) is 57.3 Å². The lowest BCUT2D eigenvalue weighted by atomic mass is 9.61. The number of pyridine rings is 1. The third-order valence-electron chi connectivity index (χ3n) is 11.3. The Balaban J connectivity index is 0.892. The van der Waals surface area contributed by atoms with Crippen molar-refractivity contribution in [2.24, 2.45) is 5.41 Å². The number of likely N-dealkylation sites (tertiary alicyclic amines) is 1. The lowest BCUT2D eigenvalue weighted by Crippen LogP contribution is -2.65. The Morgan fingerprint density at radius 3 is 2.74 bits per heavy atom. The summed E-state index contributed by atoms with van der Waals surface area (Å²) in [5.41, 5.74) is 2.85. The molecular formula is C38H48FN7O4. The molecule has 1 saturated carbocycles. The summed E-state index contributed by atoms with van der Waals surface area (Å²) in [5, 5.41) is 3.75. The van der Waals surface area contributed by atoms with Gasteiger partial charge in [0.15, 0.2) is 11.6 Å². The Bertz CT molecular complexity index is 1710. The van der Waals surface area contributed by atoms with Crippen LogP contribution in [0.3, 0.4) is 0 Å². The molecule has 4 aliphatic heterocycles. The smallest absolute Gasteiger partial charge is 0.257 e. The number of aromatic nitrogens is 3. The van der Waals surface area contributed by atoms with Gasteiger partial charge in [-0.2, -0.15) is 0 Å². The molecule has 6 heterocycles. The maximum Gasteiger partial charge on any atom is 0.257 e. The van der Waals surface area contributed by atoms with Crippen LogP contribution in [0.15, 0.2) is 43.0 Å². The Hall–Kier alpha value is -3.87. The van der Waals surface area contributed by atoms with Crippen molar-refractivity contribution in [1.29, 1.82) is 0 Å². The van der Waals surface area contributed by atoms with Crippen LogP contribution in [0.25, 0.3) is 0 Å². The van der Waals surface area contributed by atoms with Crippen molar-refractivity contribution < 1.29 is 23.4 Å². The van der Waals surface area contributed by atoms with Crippen LogP contribution in [0.2, 0.25) is 0 Å². The van der Waals surface area contributed by atoms with E-state index in [1.54, 1.807) is 11.1 Å². The van der Waals surface area contributed by atoms with Crippen LogP contribution in [0, 0.1) is 11.2 Å². The summed E-state index contributed by atoms with van der Waals surface area (Å²) in [5.74, 6) is 1.59. The number of carbonyl (C=O) groups excluding carboxylic acids is 1. The zero-order chi connectivity index (χ0) is 34.5. The van der Waals surface area contributed by atoms with E-state index in [1.165, 1.54) is 42.9 Å². The summed E-state index contributed by atoms with van der Waals surface area (Å²) in [6.45, 7) is 12.9. The van der Waals surface area contributed by atoms with Crippen LogP contribution in [-0.4, -0.2) is 101 Å². The normalized spacial score (nSPS) is 22.2. The first-order valence-corrected chi connectivity index (χ1v) is 18.3. The molecule has 50 heavy (non-hydrogen) atoms. The molecule has 0 bridgehead atoms.